The van der Waals surface area contributed by atoms with Crippen molar-refractivity contribution in [2.45, 2.75) is 64.1 Å². The summed E-state index contributed by atoms with van der Waals surface area (Å²) in [7, 11) is 0. The Kier molecular flexibility index (Phi) is 5.64. The number of nitrogens with zero attached hydrogens (tertiary/aromatic N) is 2. The Morgan fingerprint density at radius 3 is 2.00 bits per heavy atom. The Labute approximate surface area is 167 Å². The second-order valence-corrected chi connectivity index (χ2v) is 8.90. The summed E-state index contributed by atoms with van der Waals surface area (Å²) < 4.78 is 4.81. The lowest BCUT2D eigenvalue weighted by molar-refractivity contribution is -0.243. The monoisotopic (exact) mass is 379 g/mol. The van der Waals surface area contributed by atoms with Gasteiger partial charge in [0.05, 0.1) is 0 Å². The zero-order chi connectivity index (χ0) is 20.4. The zero-order valence-corrected chi connectivity index (χ0v) is 17.1. The number of anilines is 1. The molecule has 0 amide bonds. The number of ether oxygens (including phenoxy) is 1. The predicted molar refractivity (Wildman–Crippen MR) is 110 cm³/mol. The van der Waals surface area contributed by atoms with Crippen molar-refractivity contribution in [1.29, 1.82) is 5.26 Å². The van der Waals surface area contributed by atoms with E-state index in [1.165, 1.54) is 16.2 Å². The number of piperidine rings is 1. The van der Waals surface area contributed by atoms with Crippen molar-refractivity contribution in [3.8, 4) is 12.0 Å². The van der Waals surface area contributed by atoms with Crippen LogP contribution < -0.4 is 10.1 Å². The van der Waals surface area contributed by atoms with E-state index in [-0.39, 0.29) is 11.1 Å². The Bertz CT molecular complexity index is 818. The van der Waals surface area contributed by atoms with E-state index >= 15 is 0 Å². The van der Waals surface area contributed by atoms with E-state index in [2.05, 4.69) is 57.3 Å². The number of hydrogen-bond donors (Lipinski definition) is 2. The highest BCUT2D eigenvalue weighted by atomic mass is 16.5. The van der Waals surface area contributed by atoms with Gasteiger partial charge in [-0.25, -0.2) is 0 Å². The van der Waals surface area contributed by atoms with Crippen LogP contribution in [0.3, 0.4) is 0 Å². The Hall–Kier alpha value is -2.55. The minimum Gasteiger partial charge on any atom is -0.388 e. The molecule has 2 aromatic rings. The first kappa shape index (κ1) is 20.2. The third kappa shape index (κ3) is 4.64. The molecule has 0 spiro atoms. The van der Waals surface area contributed by atoms with Crippen molar-refractivity contribution in [2.24, 2.45) is 0 Å². The van der Waals surface area contributed by atoms with Gasteiger partial charge in [-0.2, -0.15) is 5.06 Å². The second-order valence-electron chi connectivity index (χ2n) is 8.90. The molecule has 0 aromatic heterocycles. The zero-order valence-electron chi connectivity index (χ0n) is 17.1. The van der Waals surface area contributed by atoms with E-state index in [1.54, 1.807) is 6.26 Å². The van der Waals surface area contributed by atoms with Crippen LogP contribution in [0.15, 0.2) is 48.5 Å². The number of hydroxylamine groups is 2. The van der Waals surface area contributed by atoms with Crippen molar-refractivity contribution < 1.29 is 9.94 Å². The number of nitrogens with one attached hydrogen (secondary N) is 1. The van der Waals surface area contributed by atoms with Crippen LogP contribution >= 0.6 is 0 Å². The molecule has 3 rings (SSSR count). The maximum absolute atomic E-state index is 10.5. The molecule has 0 saturated carbocycles. The maximum Gasteiger partial charge on any atom is 0.292 e. The molecule has 2 aromatic carbocycles. The van der Waals surface area contributed by atoms with Gasteiger partial charge in [-0.05, 0) is 82.3 Å². The van der Waals surface area contributed by atoms with E-state index in [1.807, 2.05) is 24.3 Å². The number of rotatable bonds is 5. The van der Waals surface area contributed by atoms with E-state index in [4.69, 9.17) is 10.00 Å². The van der Waals surface area contributed by atoms with Crippen LogP contribution in [0.5, 0.6) is 5.75 Å². The smallest absolute Gasteiger partial charge is 0.292 e. The van der Waals surface area contributed by atoms with Gasteiger partial charge in [-0.15, -0.1) is 5.26 Å². The average molecular weight is 380 g/mol. The van der Waals surface area contributed by atoms with E-state index in [0.717, 1.165) is 24.9 Å². The molecule has 5 nitrogen and oxygen atoms in total. The fraction of sp³-hybridized carbons (Fsp3) is 0.435. The van der Waals surface area contributed by atoms with Crippen LogP contribution in [-0.4, -0.2) is 27.4 Å². The summed E-state index contributed by atoms with van der Waals surface area (Å²) in [6.07, 6.45) is 4.27. The summed E-state index contributed by atoms with van der Waals surface area (Å²) in [4.78, 5) is 0. The van der Waals surface area contributed by atoms with Gasteiger partial charge < -0.3 is 15.3 Å². The molecule has 1 aliphatic heterocycles. The van der Waals surface area contributed by atoms with Gasteiger partial charge in [-0.3, -0.25) is 0 Å². The Morgan fingerprint density at radius 2 is 1.50 bits per heavy atom. The molecule has 1 heterocycles. The van der Waals surface area contributed by atoms with Crippen molar-refractivity contribution in [2.75, 3.05) is 5.32 Å². The fourth-order valence-corrected chi connectivity index (χ4v) is 4.29. The van der Waals surface area contributed by atoms with Crippen LogP contribution in [0, 0.1) is 11.5 Å². The lowest BCUT2D eigenvalue weighted by Gasteiger charge is -2.51. The van der Waals surface area contributed by atoms with Crippen LogP contribution in [0.4, 0.5) is 5.69 Å². The minimum absolute atomic E-state index is 0.263. The largest absolute Gasteiger partial charge is 0.388 e. The highest BCUT2D eigenvalue weighted by molar-refractivity contribution is 5.46. The van der Waals surface area contributed by atoms with E-state index in [0.29, 0.717) is 11.8 Å². The molecule has 0 radical (unpaired) electrons. The van der Waals surface area contributed by atoms with Crippen LogP contribution in [-0.2, 0) is 6.42 Å². The first-order valence-corrected chi connectivity index (χ1v) is 9.69. The van der Waals surface area contributed by atoms with Crippen molar-refractivity contribution in [3.05, 3.63) is 59.7 Å². The second kappa shape index (κ2) is 7.83. The third-order valence-corrected chi connectivity index (χ3v) is 5.46. The molecule has 1 aliphatic rings. The van der Waals surface area contributed by atoms with Gasteiger partial charge >= 0.3 is 0 Å². The number of benzene rings is 2. The quantitative estimate of drug-likeness (QED) is 0.719. The molecule has 2 N–H and O–H groups in total. The SMILES string of the molecule is CC1(C)CC(Nc2ccc(Cc3ccc(OC#N)cc3)cc2)CC(C)(C)N1O. The topological polar surface area (TPSA) is 68.5 Å². The summed E-state index contributed by atoms with van der Waals surface area (Å²) >= 11 is 0. The van der Waals surface area contributed by atoms with Crippen molar-refractivity contribution in [1.82, 2.24) is 5.06 Å². The fourth-order valence-electron chi connectivity index (χ4n) is 4.29. The van der Waals surface area contributed by atoms with Gasteiger partial charge in [0.1, 0.15) is 5.75 Å². The molecule has 5 heteroatoms. The molecule has 28 heavy (non-hydrogen) atoms. The van der Waals surface area contributed by atoms with Crippen LogP contribution in [0.25, 0.3) is 0 Å². The number of hydrogen-bond acceptors (Lipinski definition) is 5. The van der Waals surface area contributed by atoms with Gasteiger partial charge in [0.15, 0.2) is 0 Å². The van der Waals surface area contributed by atoms with E-state index < -0.39 is 0 Å². The predicted octanol–water partition coefficient (Wildman–Crippen LogP) is 4.96. The van der Waals surface area contributed by atoms with E-state index in [9.17, 15) is 5.21 Å². The highest BCUT2D eigenvalue weighted by Crippen LogP contribution is 2.37. The molecule has 148 valence electrons. The van der Waals surface area contributed by atoms with Crippen LogP contribution in [0.1, 0.15) is 51.7 Å². The van der Waals surface area contributed by atoms with Gasteiger partial charge in [0, 0.05) is 22.8 Å². The molecule has 0 unspecified atom stereocenters. The summed E-state index contributed by atoms with van der Waals surface area (Å²) in [6, 6.07) is 16.4. The van der Waals surface area contributed by atoms with Gasteiger partial charge in [0.25, 0.3) is 6.26 Å². The Morgan fingerprint density at radius 1 is 1.00 bits per heavy atom. The standard InChI is InChI=1S/C23H29N3O2/c1-22(2)14-20(15-23(3,4)26(22)27)25-19-9-5-17(6-10-19)13-18-7-11-21(12-8-18)28-16-24/h5-12,20,25,27H,13-15H2,1-4H3. The molecular weight excluding hydrogens is 350 g/mol. The first-order chi connectivity index (χ1) is 13.2. The third-order valence-electron chi connectivity index (χ3n) is 5.46. The van der Waals surface area contributed by atoms with Gasteiger partial charge in [0.2, 0.25) is 0 Å². The van der Waals surface area contributed by atoms with Crippen molar-refractivity contribution in [3.63, 3.8) is 0 Å². The molecule has 0 atom stereocenters. The molecular formula is C23H29N3O2. The molecule has 0 aliphatic carbocycles. The minimum atomic E-state index is -0.263. The lowest BCUT2D eigenvalue weighted by atomic mass is 9.79. The molecule has 1 fully saturated rings. The highest BCUT2D eigenvalue weighted by Gasteiger charge is 2.44. The lowest BCUT2D eigenvalue weighted by Crippen LogP contribution is -2.61. The average Bonchev–Trinajstić information content (AvgIpc) is 2.63. The summed E-state index contributed by atoms with van der Waals surface area (Å²) in [5, 5.41) is 24.1. The van der Waals surface area contributed by atoms with Gasteiger partial charge in [-0.1, -0.05) is 24.3 Å². The first-order valence-electron chi connectivity index (χ1n) is 9.69. The molecule has 0 bridgehead atoms. The molecule has 1 saturated heterocycles. The Balaban J connectivity index is 1.62. The summed E-state index contributed by atoms with van der Waals surface area (Å²) in [6.45, 7) is 8.33. The van der Waals surface area contributed by atoms with Crippen LogP contribution in [0.2, 0.25) is 0 Å². The number of nitriles is 1. The summed E-state index contributed by atoms with van der Waals surface area (Å²) in [5.74, 6) is 0.561. The normalized spacial score (nSPS) is 19.0. The van der Waals surface area contributed by atoms with Crippen molar-refractivity contribution >= 4 is 5.69 Å². The summed E-state index contributed by atoms with van der Waals surface area (Å²) in [5.41, 5.74) is 2.97. The maximum atomic E-state index is 10.5.